The van der Waals surface area contributed by atoms with Crippen LogP contribution in [0.3, 0.4) is 0 Å². The van der Waals surface area contributed by atoms with Gasteiger partial charge in [-0.15, -0.1) is 0 Å². The Hall–Kier alpha value is -1.65. The highest BCUT2D eigenvalue weighted by Gasteiger charge is 1.97. The Bertz CT molecular complexity index is 262. The molecule has 0 aliphatic carbocycles. The predicted octanol–water partition coefficient (Wildman–Crippen LogP) is 0.296. The average Bonchev–Trinajstić information content (AvgIpc) is 2.17. The van der Waals surface area contributed by atoms with Crippen LogP contribution in [0.1, 0.15) is 12.6 Å². The summed E-state index contributed by atoms with van der Waals surface area (Å²) < 4.78 is 0. The number of carbonyl (C=O) groups excluding carboxylic acids is 1. The van der Waals surface area contributed by atoms with Gasteiger partial charge in [0.05, 0.1) is 12.2 Å². The quantitative estimate of drug-likeness (QED) is 0.702. The molecule has 0 aromatic carbocycles. The highest BCUT2D eigenvalue weighted by molar-refractivity contribution is 5.73. The molecule has 5 heteroatoms. The van der Waals surface area contributed by atoms with E-state index in [1.165, 1.54) is 0 Å². The van der Waals surface area contributed by atoms with Gasteiger partial charge < -0.3 is 10.6 Å². The normalized spacial score (nSPS) is 9.31. The van der Waals surface area contributed by atoms with E-state index in [-0.39, 0.29) is 6.03 Å². The molecule has 0 aliphatic rings. The monoisotopic (exact) mass is 180 g/mol. The number of amides is 2. The van der Waals surface area contributed by atoms with E-state index in [2.05, 4.69) is 20.8 Å². The van der Waals surface area contributed by atoms with Gasteiger partial charge in [0.2, 0.25) is 0 Å². The Kier molecular flexibility index (Phi) is 3.69. The molecule has 5 nitrogen and oxygen atoms in total. The SMILES string of the molecule is CCNC(=O)NCc1cccnn1. The van der Waals surface area contributed by atoms with Crippen molar-refractivity contribution in [3.8, 4) is 0 Å². The van der Waals surface area contributed by atoms with Crippen LogP contribution >= 0.6 is 0 Å². The summed E-state index contributed by atoms with van der Waals surface area (Å²) in [6, 6.07) is 3.40. The number of aromatic nitrogens is 2. The summed E-state index contributed by atoms with van der Waals surface area (Å²) in [5.74, 6) is 0. The van der Waals surface area contributed by atoms with Crippen LogP contribution in [0.5, 0.6) is 0 Å². The Labute approximate surface area is 76.6 Å². The highest BCUT2D eigenvalue weighted by atomic mass is 16.2. The van der Waals surface area contributed by atoms with Crippen LogP contribution in [0, 0.1) is 0 Å². The number of rotatable bonds is 3. The van der Waals surface area contributed by atoms with Crippen LogP contribution < -0.4 is 10.6 Å². The molecule has 0 fully saturated rings. The predicted molar refractivity (Wildman–Crippen MR) is 47.9 cm³/mol. The molecule has 1 aromatic rings. The first-order valence-corrected chi connectivity index (χ1v) is 4.11. The number of urea groups is 1. The van der Waals surface area contributed by atoms with Crippen molar-refractivity contribution in [2.45, 2.75) is 13.5 Å². The van der Waals surface area contributed by atoms with E-state index in [1.54, 1.807) is 18.3 Å². The second kappa shape index (κ2) is 5.08. The Balaban J connectivity index is 2.31. The molecule has 0 saturated carbocycles. The van der Waals surface area contributed by atoms with Gasteiger partial charge in [-0.1, -0.05) is 0 Å². The maximum atomic E-state index is 10.9. The highest BCUT2D eigenvalue weighted by Crippen LogP contribution is 1.88. The molecule has 2 N–H and O–H groups in total. The molecule has 13 heavy (non-hydrogen) atoms. The van der Waals surface area contributed by atoms with E-state index in [9.17, 15) is 4.79 Å². The number of nitrogens with zero attached hydrogens (tertiary/aromatic N) is 2. The molecule has 0 saturated heterocycles. The zero-order valence-electron chi connectivity index (χ0n) is 7.45. The minimum absolute atomic E-state index is 0.187. The summed E-state index contributed by atoms with van der Waals surface area (Å²) in [5, 5.41) is 12.8. The molecule has 0 atom stereocenters. The maximum absolute atomic E-state index is 10.9. The Morgan fingerprint density at radius 3 is 3.00 bits per heavy atom. The average molecular weight is 180 g/mol. The van der Waals surface area contributed by atoms with Crippen molar-refractivity contribution in [2.75, 3.05) is 6.54 Å². The molecule has 2 amide bonds. The molecule has 1 rings (SSSR count). The van der Waals surface area contributed by atoms with Gasteiger partial charge >= 0.3 is 6.03 Å². The largest absolute Gasteiger partial charge is 0.338 e. The van der Waals surface area contributed by atoms with Gasteiger partial charge in [-0.2, -0.15) is 10.2 Å². The molecule has 0 spiro atoms. The van der Waals surface area contributed by atoms with Gasteiger partial charge in [0.1, 0.15) is 0 Å². The lowest BCUT2D eigenvalue weighted by Gasteiger charge is -2.03. The molecule has 1 aromatic heterocycles. The van der Waals surface area contributed by atoms with Crippen molar-refractivity contribution >= 4 is 6.03 Å². The number of nitrogens with one attached hydrogen (secondary N) is 2. The Morgan fingerprint density at radius 2 is 2.38 bits per heavy atom. The van der Waals surface area contributed by atoms with Crippen LogP contribution in [0.25, 0.3) is 0 Å². The number of hydrogen-bond donors (Lipinski definition) is 2. The van der Waals surface area contributed by atoms with E-state index in [0.29, 0.717) is 13.1 Å². The number of hydrogen-bond acceptors (Lipinski definition) is 3. The van der Waals surface area contributed by atoms with Gasteiger partial charge in [0, 0.05) is 12.7 Å². The third-order valence-corrected chi connectivity index (χ3v) is 1.39. The summed E-state index contributed by atoms with van der Waals surface area (Å²) in [6.07, 6.45) is 1.59. The first-order chi connectivity index (χ1) is 6.33. The van der Waals surface area contributed by atoms with Crippen molar-refractivity contribution in [1.82, 2.24) is 20.8 Å². The third kappa shape index (κ3) is 3.50. The first-order valence-electron chi connectivity index (χ1n) is 4.11. The molecule has 0 unspecified atom stereocenters. The van der Waals surface area contributed by atoms with E-state index in [1.807, 2.05) is 6.92 Å². The summed E-state index contributed by atoms with van der Waals surface area (Å²) in [5.41, 5.74) is 0.744. The molecular weight excluding hydrogens is 168 g/mol. The van der Waals surface area contributed by atoms with Crippen molar-refractivity contribution in [3.63, 3.8) is 0 Å². The zero-order chi connectivity index (χ0) is 9.52. The lowest BCUT2D eigenvalue weighted by Crippen LogP contribution is -2.34. The minimum atomic E-state index is -0.187. The maximum Gasteiger partial charge on any atom is 0.315 e. The van der Waals surface area contributed by atoms with Crippen molar-refractivity contribution in [1.29, 1.82) is 0 Å². The van der Waals surface area contributed by atoms with Gasteiger partial charge in [0.15, 0.2) is 0 Å². The molecule has 1 heterocycles. The van der Waals surface area contributed by atoms with E-state index in [0.717, 1.165) is 5.69 Å². The van der Waals surface area contributed by atoms with E-state index >= 15 is 0 Å². The topological polar surface area (TPSA) is 66.9 Å². The van der Waals surface area contributed by atoms with Gasteiger partial charge in [0.25, 0.3) is 0 Å². The molecule has 70 valence electrons. The minimum Gasteiger partial charge on any atom is -0.338 e. The summed E-state index contributed by atoms with van der Waals surface area (Å²) in [7, 11) is 0. The van der Waals surface area contributed by atoms with Crippen LogP contribution in [0.2, 0.25) is 0 Å². The van der Waals surface area contributed by atoms with E-state index in [4.69, 9.17) is 0 Å². The fraction of sp³-hybridized carbons (Fsp3) is 0.375. The zero-order valence-corrected chi connectivity index (χ0v) is 7.45. The summed E-state index contributed by atoms with van der Waals surface area (Å²) in [4.78, 5) is 10.9. The van der Waals surface area contributed by atoms with E-state index < -0.39 is 0 Å². The van der Waals surface area contributed by atoms with Gasteiger partial charge in [-0.05, 0) is 19.1 Å². The molecule has 0 radical (unpaired) electrons. The standard InChI is InChI=1S/C8H12N4O/c1-2-9-8(13)10-6-7-4-3-5-11-12-7/h3-5H,2,6H2,1H3,(H2,9,10,13). The number of carbonyl (C=O) groups is 1. The van der Waals surface area contributed by atoms with Gasteiger partial charge in [-0.25, -0.2) is 4.79 Å². The lowest BCUT2D eigenvalue weighted by molar-refractivity contribution is 0.241. The van der Waals surface area contributed by atoms with Crippen LogP contribution in [-0.2, 0) is 6.54 Å². The van der Waals surface area contributed by atoms with Gasteiger partial charge in [-0.3, -0.25) is 0 Å². The smallest absolute Gasteiger partial charge is 0.315 e. The third-order valence-electron chi connectivity index (χ3n) is 1.39. The molecule has 0 bridgehead atoms. The summed E-state index contributed by atoms with van der Waals surface area (Å²) >= 11 is 0. The fourth-order valence-corrected chi connectivity index (χ4v) is 0.822. The second-order valence-corrected chi connectivity index (χ2v) is 2.43. The molecular formula is C8H12N4O. The van der Waals surface area contributed by atoms with Crippen LogP contribution in [0.4, 0.5) is 4.79 Å². The summed E-state index contributed by atoms with van der Waals surface area (Å²) in [6.45, 7) is 2.88. The van der Waals surface area contributed by atoms with Crippen LogP contribution in [-0.4, -0.2) is 22.8 Å². The van der Waals surface area contributed by atoms with Crippen molar-refractivity contribution in [2.24, 2.45) is 0 Å². The van der Waals surface area contributed by atoms with Crippen molar-refractivity contribution < 1.29 is 4.79 Å². The first kappa shape index (κ1) is 9.44. The lowest BCUT2D eigenvalue weighted by atomic mass is 10.4. The Morgan fingerprint density at radius 1 is 1.54 bits per heavy atom. The molecule has 0 aliphatic heterocycles. The van der Waals surface area contributed by atoms with Crippen molar-refractivity contribution in [3.05, 3.63) is 24.0 Å². The fourth-order valence-electron chi connectivity index (χ4n) is 0.822. The second-order valence-electron chi connectivity index (χ2n) is 2.43. The van der Waals surface area contributed by atoms with Crippen LogP contribution in [0.15, 0.2) is 18.3 Å².